The number of phosphoric ester groups is 2. The summed E-state index contributed by atoms with van der Waals surface area (Å²) >= 11 is 0. The summed E-state index contributed by atoms with van der Waals surface area (Å²) in [6.45, 7) is 4.40. The van der Waals surface area contributed by atoms with E-state index in [2.05, 4.69) is 186 Å². The number of rotatable bonds is 73. The van der Waals surface area contributed by atoms with Crippen LogP contribution in [0.4, 0.5) is 0 Å². The lowest BCUT2D eigenvalue weighted by Gasteiger charge is -2.21. The third kappa shape index (κ3) is 74.9. The maximum absolute atomic E-state index is 13.1. The molecule has 0 amide bonds. The number of aliphatic hydroxyl groups excluding tert-OH is 1. The lowest BCUT2D eigenvalue weighted by Crippen LogP contribution is -2.30. The van der Waals surface area contributed by atoms with Crippen molar-refractivity contribution >= 4 is 39.5 Å². The molecule has 3 N–H and O–H groups in total. The van der Waals surface area contributed by atoms with Crippen molar-refractivity contribution in [2.24, 2.45) is 0 Å². The fourth-order valence-electron chi connectivity index (χ4n) is 10.00. The Balaban J connectivity index is 5.41. The van der Waals surface area contributed by atoms with Crippen LogP contribution in [0.1, 0.15) is 297 Å². The number of carbonyl (C=O) groups is 4. The third-order valence-electron chi connectivity index (χ3n) is 16.0. The number of ether oxygens (including phenoxy) is 4. The fourth-order valence-corrected chi connectivity index (χ4v) is 11.6. The van der Waals surface area contributed by atoms with Gasteiger partial charge in [-0.25, -0.2) is 9.13 Å². The van der Waals surface area contributed by atoms with Crippen LogP contribution in [0.15, 0.2) is 158 Å². The van der Waals surface area contributed by atoms with E-state index >= 15 is 0 Å². The van der Waals surface area contributed by atoms with E-state index in [0.29, 0.717) is 25.7 Å². The molecule has 5 atom stereocenters. The molecule has 0 saturated carbocycles. The third-order valence-corrected chi connectivity index (χ3v) is 17.9. The Labute approximate surface area is 629 Å². The van der Waals surface area contributed by atoms with Gasteiger partial charge < -0.3 is 33.8 Å². The minimum absolute atomic E-state index is 0.0538. The zero-order valence-electron chi connectivity index (χ0n) is 64.6. The predicted molar refractivity (Wildman–Crippen MR) is 427 cm³/mol. The predicted octanol–water partition coefficient (Wildman–Crippen LogP) is 23.2. The van der Waals surface area contributed by atoms with Gasteiger partial charge in [0.1, 0.15) is 19.3 Å². The van der Waals surface area contributed by atoms with E-state index in [-0.39, 0.29) is 25.7 Å². The second-order valence-electron chi connectivity index (χ2n) is 25.9. The average molecular weight is 1500 g/mol. The van der Waals surface area contributed by atoms with Crippen molar-refractivity contribution < 1.29 is 80.2 Å². The van der Waals surface area contributed by atoms with Gasteiger partial charge in [0.15, 0.2) is 12.2 Å². The van der Waals surface area contributed by atoms with Gasteiger partial charge in [0, 0.05) is 25.7 Å². The molecule has 0 aromatic rings. The molecule has 104 heavy (non-hydrogen) atoms. The molecule has 5 unspecified atom stereocenters. The first-order chi connectivity index (χ1) is 50.7. The first kappa shape index (κ1) is 98.7. The molecule has 0 aliphatic rings. The van der Waals surface area contributed by atoms with E-state index in [1.807, 2.05) is 0 Å². The molecule has 17 nitrogen and oxygen atoms in total. The van der Waals surface area contributed by atoms with Gasteiger partial charge in [-0.1, -0.05) is 269 Å². The highest BCUT2D eigenvalue weighted by molar-refractivity contribution is 7.47. The summed E-state index contributed by atoms with van der Waals surface area (Å²) in [6, 6.07) is 0. The smallest absolute Gasteiger partial charge is 0.462 e. The molecular weight excluding hydrogens is 1350 g/mol. The molecule has 0 radical (unpaired) electrons. The Bertz CT molecular complexity index is 2590. The molecule has 0 spiro atoms. The quantitative estimate of drug-likeness (QED) is 0.0169. The summed E-state index contributed by atoms with van der Waals surface area (Å²) < 4.78 is 68.5. The molecule has 0 heterocycles. The maximum Gasteiger partial charge on any atom is 0.472 e. The van der Waals surface area contributed by atoms with Crippen molar-refractivity contribution in [2.75, 3.05) is 39.6 Å². The molecule has 19 heteroatoms. The van der Waals surface area contributed by atoms with E-state index in [0.717, 1.165) is 205 Å². The van der Waals surface area contributed by atoms with E-state index in [1.54, 1.807) is 0 Å². The zero-order valence-corrected chi connectivity index (χ0v) is 66.4. The molecule has 0 aromatic carbocycles. The monoisotopic (exact) mass is 1490 g/mol. The van der Waals surface area contributed by atoms with Gasteiger partial charge in [-0.2, -0.15) is 0 Å². The van der Waals surface area contributed by atoms with Crippen molar-refractivity contribution in [1.29, 1.82) is 0 Å². The Morgan fingerprint density at radius 2 is 0.500 bits per heavy atom. The first-order valence-corrected chi connectivity index (χ1v) is 42.7. The minimum atomic E-state index is -5.00. The molecular formula is C85H140O17P2. The summed E-state index contributed by atoms with van der Waals surface area (Å²) in [6.07, 6.45) is 88.0. The summed E-state index contributed by atoms with van der Waals surface area (Å²) in [5, 5.41) is 10.6. The van der Waals surface area contributed by atoms with Crippen LogP contribution in [-0.4, -0.2) is 96.7 Å². The van der Waals surface area contributed by atoms with Crippen LogP contribution in [0.2, 0.25) is 0 Å². The van der Waals surface area contributed by atoms with Crippen LogP contribution in [-0.2, 0) is 65.4 Å². The molecule has 0 fully saturated rings. The Hall–Kier alpha value is -5.32. The number of carbonyl (C=O) groups excluding carboxylic acids is 4. The number of hydrogen-bond acceptors (Lipinski definition) is 15. The van der Waals surface area contributed by atoms with Crippen molar-refractivity contribution in [1.82, 2.24) is 0 Å². The van der Waals surface area contributed by atoms with Crippen molar-refractivity contribution in [3.63, 3.8) is 0 Å². The van der Waals surface area contributed by atoms with Crippen LogP contribution in [0.3, 0.4) is 0 Å². The van der Waals surface area contributed by atoms with Crippen LogP contribution in [0.5, 0.6) is 0 Å². The van der Waals surface area contributed by atoms with Crippen molar-refractivity contribution in [3.8, 4) is 0 Å². The molecule has 0 aromatic heterocycles. The second-order valence-corrected chi connectivity index (χ2v) is 28.8. The van der Waals surface area contributed by atoms with Gasteiger partial charge in [0.2, 0.25) is 0 Å². The molecule has 0 rings (SSSR count). The van der Waals surface area contributed by atoms with Gasteiger partial charge in [-0.05, 0) is 161 Å². The number of hydrogen-bond donors (Lipinski definition) is 3. The van der Waals surface area contributed by atoms with Crippen molar-refractivity contribution in [2.45, 2.75) is 316 Å². The fraction of sp³-hybridized carbons (Fsp3) is 0.647. The Kier molecular flexibility index (Phi) is 72.0. The first-order valence-electron chi connectivity index (χ1n) is 39.7. The highest BCUT2D eigenvalue weighted by Gasteiger charge is 2.30. The number of allylic oxidation sites excluding steroid dienone is 26. The highest BCUT2D eigenvalue weighted by atomic mass is 31.2. The normalized spacial score (nSPS) is 14.7. The number of esters is 4. The largest absolute Gasteiger partial charge is 0.472 e. The average Bonchev–Trinajstić information content (AvgIpc) is 0.931. The van der Waals surface area contributed by atoms with Crippen LogP contribution in [0.25, 0.3) is 0 Å². The molecule has 0 aliphatic carbocycles. The minimum Gasteiger partial charge on any atom is -0.462 e. The van der Waals surface area contributed by atoms with E-state index < -0.39 is 97.5 Å². The topological polar surface area (TPSA) is 237 Å². The molecule has 592 valence electrons. The highest BCUT2D eigenvalue weighted by Crippen LogP contribution is 2.45. The van der Waals surface area contributed by atoms with Gasteiger partial charge in [0.05, 0.1) is 26.4 Å². The maximum atomic E-state index is 13.1. The lowest BCUT2D eigenvalue weighted by atomic mass is 10.1. The van der Waals surface area contributed by atoms with Crippen LogP contribution < -0.4 is 0 Å². The van der Waals surface area contributed by atoms with E-state index in [1.165, 1.54) is 12.8 Å². The lowest BCUT2D eigenvalue weighted by molar-refractivity contribution is -0.161. The van der Waals surface area contributed by atoms with Gasteiger partial charge >= 0.3 is 39.5 Å². The summed E-state index contributed by atoms with van der Waals surface area (Å²) in [7, 11) is -9.99. The van der Waals surface area contributed by atoms with Crippen molar-refractivity contribution in [3.05, 3.63) is 158 Å². The van der Waals surface area contributed by atoms with Gasteiger partial charge in [0.25, 0.3) is 0 Å². The zero-order chi connectivity index (χ0) is 76.0. The van der Waals surface area contributed by atoms with E-state index in [4.69, 9.17) is 37.0 Å². The number of aliphatic hydroxyl groups is 1. The molecule has 0 saturated heterocycles. The van der Waals surface area contributed by atoms with E-state index in [9.17, 15) is 43.2 Å². The molecule has 0 bridgehead atoms. The van der Waals surface area contributed by atoms with Crippen LogP contribution >= 0.6 is 15.6 Å². The van der Waals surface area contributed by atoms with Crippen LogP contribution in [0, 0.1) is 0 Å². The number of unbranched alkanes of at least 4 members (excludes halogenated alkanes) is 21. The summed E-state index contributed by atoms with van der Waals surface area (Å²) in [4.78, 5) is 73.0. The summed E-state index contributed by atoms with van der Waals surface area (Å²) in [5.41, 5.74) is 0. The number of phosphoric acid groups is 2. The SMILES string of the molecule is CC/C=C\C/C=C\C/C=C\C/C=C\C/C=C\CCCCCC(=O)OCC(COP(=O)(O)OCC(O)COP(=O)(O)OCC(COC(=O)CCCCCCCCC/C=C\C/C=C\C/C=C\CC)OC(=O)CCCCCCC/C=C\CCCC)OC(=O)CCCCCC/C=C\C/C=C\C/C=C\C/C=C\CC. The van der Waals surface area contributed by atoms with Gasteiger partial charge in [-0.3, -0.25) is 37.3 Å². The standard InChI is InChI=1S/C85H140O17P2/c1-5-9-13-17-21-25-29-32-35-38-39-42-44-47-51-54-58-62-66-70-83(88)96-76-81(102-85(90)72-68-64-60-56-52-48-45-41-37-34-31-27-23-19-15-11-7-3)78-100-104(93,94)98-74-79(86)73-97-103(91,92)99-77-80(101-84(89)71-67-63-59-55-49-28-24-20-16-12-8-4)75-95-82(87)69-65-61-57-53-50-46-43-40-36-33-30-26-22-18-14-10-6-2/h9-11,13-15,20-27,32-37,39,42,45,47-48,51,79-81,86H,5-8,12,16-19,28-31,38,40-41,43-44,46,49-50,52-78H2,1-4H3,(H,91,92)(H,93,94)/b13-9-,14-10-,15-11-,24-20-,25-21-,26-22-,27-23-,35-32-,36-33-,37-34-,42-39-,48-45-,51-47-. The Morgan fingerprint density at radius 1 is 0.279 bits per heavy atom. The second kappa shape index (κ2) is 75.9. The van der Waals surface area contributed by atoms with Gasteiger partial charge in [-0.15, -0.1) is 0 Å². The summed E-state index contributed by atoms with van der Waals surface area (Å²) in [5.74, 6) is -2.27. The Morgan fingerprint density at radius 3 is 0.788 bits per heavy atom. The molecule has 0 aliphatic heterocycles.